The zero-order valence-electron chi connectivity index (χ0n) is 14.1. The molecule has 0 fully saturated rings. The number of pyridine rings is 1. The molecule has 2 heterocycles. The Kier molecular flexibility index (Phi) is 5.79. The van der Waals surface area contributed by atoms with E-state index in [-0.39, 0.29) is 6.10 Å². The highest BCUT2D eigenvalue weighted by molar-refractivity contribution is 7.11. The molecule has 0 aliphatic carbocycles. The largest absolute Gasteiger partial charge is 0.490 e. The van der Waals surface area contributed by atoms with Gasteiger partial charge in [0.25, 0.3) is 0 Å². The molecule has 0 saturated heterocycles. The third-order valence-electron chi connectivity index (χ3n) is 3.20. The molecular weight excluding hydrogens is 338 g/mol. The Bertz CT molecular complexity index is 778. The van der Waals surface area contributed by atoms with Gasteiger partial charge < -0.3 is 14.2 Å². The van der Waals surface area contributed by atoms with Crippen molar-refractivity contribution in [2.45, 2.75) is 26.6 Å². The van der Waals surface area contributed by atoms with E-state index in [1.54, 1.807) is 6.20 Å². The van der Waals surface area contributed by atoms with Gasteiger partial charge in [0.15, 0.2) is 5.01 Å². The monoisotopic (exact) mass is 357 g/mol. The van der Waals surface area contributed by atoms with Gasteiger partial charge in [0, 0.05) is 12.3 Å². The van der Waals surface area contributed by atoms with Crippen LogP contribution < -0.4 is 14.2 Å². The first kappa shape index (κ1) is 17.2. The maximum absolute atomic E-state index is 5.73. The average Bonchev–Trinajstić information content (AvgIpc) is 3.05. The van der Waals surface area contributed by atoms with Gasteiger partial charge in [-0.1, -0.05) is 17.4 Å². The van der Waals surface area contributed by atoms with Crippen molar-refractivity contribution in [2.75, 3.05) is 6.61 Å². The molecule has 0 bridgehead atoms. The van der Waals surface area contributed by atoms with E-state index in [1.165, 1.54) is 11.3 Å². The second-order valence-electron chi connectivity index (χ2n) is 5.38. The maximum Gasteiger partial charge on any atom is 0.213 e. The van der Waals surface area contributed by atoms with Crippen LogP contribution in [0.4, 0.5) is 0 Å². The average molecular weight is 357 g/mol. The highest BCUT2D eigenvalue weighted by atomic mass is 32.1. The predicted octanol–water partition coefficient (Wildman–Crippen LogP) is 3.67. The van der Waals surface area contributed by atoms with Crippen molar-refractivity contribution in [1.29, 1.82) is 0 Å². The fourth-order valence-corrected chi connectivity index (χ4v) is 2.67. The Balaban J connectivity index is 1.44. The second-order valence-corrected chi connectivity index (χ2v) is 6.65. The molecule has 2 aromatic heterocycles. The van der Waals surface area contributed by atoms with Gasteiger partial charge in [-0.25, -0.2) is 4.98 Å². The normalized spacial score (nSPS) is 11.8. The summed E-state index contributed by atoms with van der Waals surface area (Å²) in [6.45, 7) is 4.71. The zero-order valence-corrected chi connectivity index (χ0v) is 14.9. The van der Waals surface area contributed by atoms with Crippen LogP contribution in [0.1, 0.15) is 16.9 Å². The Labute approximate surface area is 150 Å². The minimum atomic E-state index is -0.105. The van der Waals surface area contributed by atoms with E-state index >= 15 is 0 Å². The Hall–Kier alpha value is -2.67. The van der Waals surface area contributed by atoms with Gasteiger partial charge in [0.1, 0.15) is 35.8 Å². The number of ether oxygens (including phenoxy) is 3. The summed E-state index contributed by atoms with van der Waals surface area (Å²) in [7, 11) is 0. The second kappa shape index (κ2) is 8.43. The number of rotatable bonds is 8. The summed E-state index contributed by atoms with van der Waals surface area (Å²) in [6, 6.07) is 13.0. The highest BCUT2D eigenvalue weighted by Crippen LogP contribution is 2.20. The number of hydrogen-bond acceptors (Lipinski definition) is 7. The molecule has 0 radical (unpaired) electrons. The first-order valence-corrected chi connectivity index (χ1v) is 8.73. The van der Waals surface area contributed by atoms with Crippen molar-refractivity contribution in [3.63, 3.8) is 0 Å². The molecule has 0 amide bonds. The van der Waals surface area contributed by atoms with Crippen LogP contribution in [0.5, 0.6) is 17.4 Å². The molecule has 1 aromatic carbocycles. The molecule has 0 saturated carbocycles. The van der Waals surface area contributed by atoms with E-state index in [9.17, 15) is 0 Å². The molecule has 130 valence electrons. The smallest absolute Gasteiger partial charge is 0.213 e. The molecule has 25 heavy (non-hydrogen) atoms. The number of hydrogen-bond donors (Lipinski definition) is 0. The van der Waals surface area contributed by atoms with Gasteiger partial charge in [-0.15, -0.1) is 10.2 Å². The molecule has 0 spiro atoms. The van der Waals surface area contributed by atoms with Crippen molar-refractivity contribution in [3.05, 3.63) is 58.7 Å². The summed E-state index contributed by atoms with van der Waals surface area (Å²) in [4.78, 5) is 4.13. The molecule has 0 N–H and O–H groups in total. The summed E-state index contributed by atoms with van der Waals surface area (Å²) in [5.41, 5.74) is 0. The SMILES string of the molecule is Cc1nnc(COc2ccc(OCC(C)Oc3ccccn3)cc2)s1. The van der Waals surface area contributed by atoms with Gasteiger partial charge in [0.05, 0.1) is 0 Å². The van der Waals surface area contributed by atoms with E-state index < -0.39 is 0 Å². The van der Waals surface area contributed by atoms with Crippen molar-refractivity contribution in [2.24, 2.45) is 0 Å². The van der Waals surface area contributed by atoms with Crippen LogP contribution in [0.3, 0.4) is 0 Å². The molecule has 7 heteroatoms. The van der Waals surface area contributed by atoms with Crippen LogP contribution in [0.2, 0.25) is 0 Å². The number of aryl methyl sites for hydroxylation is 1. The number of nitrogens with zero attached hydrogens (tertiary/aromatic N) is 3. The van der Waals surface area contributed by atoms with E-state index in [4.69, 9.17) is 14.2 Å². The van der Waals surface area contributed by atoms with E-state index in [1.807, 2.05) is 56.3 Å². The van der Waals surface area contributed by atoms with Gasteiger partial charge in [-0.2, -0.15) is 0 Å². The number of benzene rings is 1. The van der Waals surface area contributed by atoms with E-state index in [0.29, 0.717) is 19.1 Å². The predicted molar refractivity (Wildman–Crippen MR) is 95.2 cm³/mol. The molecule has 1 unspecified atom stereocenters. The van der Waals surface area contributed by atoms with Crippen molar-refractivity contribution in [1.82, 2.24) is 15.2 Å². The van der Waals surface area contributed by atoms with Crippen molar-refractivity contribution in [3.8, 4) is 17.4 Å². The molecule has 3 rings (SSSR count). The summed E-state index contributed by atoms with van der Waals surface area (Å²) in [6.07, 6.45) is 1.59. The van der Waals surface area contributed by atoms with E-state index in [0.717, 1.165) is 21.5 Å². The van der Waals surface area contributed by atoms with Gasteiger partial charge in [-0.3, -0.25) is 0 Å². The summed E-state index contributed by atoms with van der Waals surface area (Å²) >= 11 is 1.53. The number of aromatic nitrogens is 3. The summed E-state index contributed by atoms with van der Waals surface area (Å²) in [5, 5.41) is 9.79. The molecular formula is C18H19N3O3S. The fraction of sp³-hybridized carbons (Fsp3) is 0.278. The minimum Gasteiger partial charge on any atom is -0.490 e. The van der Waals surface area contributed by atoms with Gasteiger partial charge >= 0.3 is 0 Å². The van der Waals surface area contributed by atoms with E-state index in [2.05, 4.69) is 15.2 Å². The van der Waals surface area contributed by atoms with Gasteiger partial charge in [-0.05, 0) is 44.2 Å². The topological polar surface area (TPSA) is 66.4 Å². The van der Waals surface area contributed by atoms with Crippen LogP contribution in [-0.4, -0.2) is 27.9 Å². The highest BCUT2D eigenvalue weighted by Gasteiger charge is 2.06. The van der Waals surface area contributed by atoms with Gasteiger partial charge in [0.2, 0.25) is 5.88 Å². The van der Waals surface area contributed by atoms with Crippen LogP contribution in [-0.2, 0) is 6.61 Å². The van der Waals surface area contributed by atoms with Crippen LogP contribution in [0.15, 0.2) is 48.7 Å². The Morgan fingerprint density at radius 2 is 1.76 bits per heavy atom. The molecule has 0 aliphatic heterocycles. The van der Waals surface area contributed by atoms with Crippen molar-refractivity contribution < 1.29 is 14.2 Å². The molecule has 1 atom stereocenters. The third-order valence-corrected chi connectivity index (χ3v) is 4.01. The fourth-order valence-electron chi connectivity index (χ4n) is 2.04. The third kappa shape index (κ3) is 5.42. The lowest BCUT2D eigenvalue weighted by Crippen LogP contribution is -2.21. The standard InChI is InChI=1S/C18H19N3O3S/c1-13(24-17-5-3-4-10-19-17)11-22-15-6-8-16(9-7-15)23-12-18-21-20-14(2)25-18/h3-10,13H,11-12H2,1-2H3. The Morgan fingerprint density at radius 3 is 2.40 bits per heavy atom. The summed E-state index contributed by atoms with van der Waals surface area (Å²) < 4.78 is 17.1. The van der Waals surface area contributed by atoms with Crippen LogP contribution in [0.25, 0.3) is 0 Å². The molecule has 3 aromatic rings. The van der Waals surface area contributed by atoms with Crippen LogP contribution in [0, 0.1) is 6.92 Å². The quantitative estimate of drug-likeness (QED) is 0.613. The summed E-state index contributed by atoms with van der Waals surface area (Å²) in [5.74, 6) is 2.11. The molecule has 0 aliphatic rings. The first-order chi connectivity index (χ1) is 12.2. The minimum absolute atomic E-state index is 0.105. The first-order valence-electron chi connectivity index (χ1n) is 7.91. The zero-order chi connectivity index (χ0) is 17.5. The Morgan fingerprint density at radius 1 is 1.00 bits per heavy atom. The molecule has 6 nitrogen and oxygen atoms in total. The lowest BCUT2D eigenvalue weighted by atomic mass is 10.3. The lowest BCUT2D eigenvalue weighted by molar-refractivity contribution is 0.138. The van der Waals surface area contributed by atoms with Crippen LogP contribution >= 0.6 is 11.3 Å². The maximum atomic E-state index is 5.73. The lowest BCUT2D eigenvalue weighted by Gasteiger charge is -2.15. The van der Waals surface area contributed by atoms with Crippen molar-refractivity contribution >= 4 is 11.3 Å².